The fourth-order valence-corrected chi connectivity index (χ4v) is 2.72. The summed E-state index contributed by atoms with van der Waals surface area (Å²) in [5, 5.41) is 0. The summed E-state index contributed by atoms with van der Waals surface area (Å²) in [4.78, 5) is 16.3. The zero-order chi connectivity index (χ0) is 16.1. The van der Waals surface area contributed by atoms with Crippen LogP contribution in [0.4, 0.5) is 18.9 Å². The third kappa shape index (κ3) is 1.60. The van der Waals surface area contributed by atoms with Gasteiger partial charge in [0.1, 0.15) is 0 Å². The molecule has 3 rings (SSSR count). The van der Waals surface area contributed by atoms with E-state index in [1.807, 2.05) is 0 Å². The maximum Gasteiger partial charge on any atom is 0.471 e. The number of alkyl halides is 3. The number of hydrogen-bond donors (Lipinski definition) is 0. The van der Waals surface area contributed by atoms with E-state index in [0.29, 0.717) is 16.2 Å². The average molecular weight is 282 g/mol. The van der Waals surface area contributed by atoms with Crippen molar-refractivity contribution in [2.45, 2.75) is 18.0 Å². The zero-order valence-corrected chi connectivity index (χ0v) is 10.2. The van der Waals surface area contributed by atoms with Gasteiger partial charge < -0.3 is 4.90 Å². The van der Waals surface area contributed by atoms with Crippen LogP contribution in [-0.2, 0) is 10.2 Å². The molecule has 0 aromatic heterocycles. The van der Waals surface area contributed by atoms with Crippen LogP contribution in [0.2, 0.25) is 0 Å². The molecule has 3 nitrogen and oxygen atoms in total. The van der Waals surface area contributed by atoms with Crippen LogP contribution in [0.15, 0.2) is 41.5 Å². The number of carbonyl (C=O) groups is 1. The van der Waals surface area contributed by atoms with Gasteiger partial charge in [-0.3, -0.25) is 9.79 Å². The molecular formula is C14H11F3N2O. The highest BCUT2D eigenvalue weighted by Crippen LogP contribution is 2.48. The van der Waals surface area contributed by atoms with E-state index >= 15 is 0 Å². The van der Waals surface area contributed by atoms with E-state index < -0.39 is 24.0 Å². The number of nitrogens with zero attached hydrogens (tertiary/aromatic N) is 2. The van der Waals surface area contributed by atoms with E-state index in [1.54, 1.807) is 24.3 Å². The molecule has 6 heteroatoms. The van der Waals surface area contributed by atoms with Crippen molar-refractivity contribution in [3.05, 3.63) is 42.1 Å². The lowest BCUT2D eigenvalue weighted by molar-refractivity contribution is -0.182. The van der Waals surface area contributed by atoms with Gasteiger partial charge in [-0.2, -0.15) is 13.2 Å². The number of hydrogen-bond acceptors (Lipinski definition) is 2. The topological polar surface area (TPSA) is 32.7 Å². The summed E-state index contributed by atoms with van der Waals surface area (Å²) in [7, 11) is 0. The highest BCUT2D eigenvalue weighted by molar-refractivity contribution is 5.93. The molecule has 0 radical (unpaired) electrons. The van der Waals surface area contributed by atoms with Gasteiger partial charge in [-0.05, 0) is 18.1 Å². The molecule has 104 valence electrons. The van der Waals surface area contributed by atoms with Crippen LogP contribution in [0.5, 0.6) is 0 Å². The molecular weight excluding hydrogens is 269 g/mol. The molecule has 0 N–H and O–H groups in total. The van der Waals surface area contributed by atoms with Gasteiger partial charge >= 0.3 is 12.1 Å². The van der Waals surface area contributed by atoms with Crippen molar-refractivity contribution in [3.63, 3.8) is 0 Å². The van der Waals surface area contributed by atoms with E-state index in [9.17, 15) is 18.0 Å². The number of benzene rings is 1. The van der Waals surface area contributed by atoms with Gasteiger partial charge in [-0.15, -0.1) is 0 Å². The van der Waals surface area contributed by atoms with Gasteiger partial charge in [0, 0.05) is 18.5 Å². The second-order valence-electron chi connectivity index (χ2n) is 4.80. The van der Waals surface area contributed by atoms with Gasteiger partial charge in [0.05, 0.1) is 13.8 Å². The molecule has 0 aliphatic carbocycles. The van der Waals surface area contributed by atoms with E-state index in [-0.39, 0.29) is 18.7 Å². The lowest BCUT2D eigenvalue weighted by Crippen LogP contribution is -2.40. The largest absolute Gasteiger partial charge is 0.471 e. The molecule has 0 saturated carbocycles. The molecule has 2 heterocycles. The van der Waals surface area contributed by atoms with Gasteiger partial charge in [0.15, 0.2) is 0 Å². The minimum absolute atomic E-state index is 0.173. The highest BCUT2D eigenvalue weighted by atomic mass is 19.4. The van der Waals surface area contributed by atoms with Crippen molar-refractivity contribution in [2.24, 2.45) is 4.99 Å². The molecule has 20 heavy (non-hydrogen) atoms. The Balaban J connectivity index is 2.13. The summed E-state index contributed by atoms with van der Waals surface area (Å²) in [6.45, 7) is -1.01. The predicted molar refractivity (Wildman–Crippen MR) is 67.8 cm³/mol. The molecule has 2 aliphatic heterocycles. The molecule has 1 amide bonds. The van der Waals surface area contributed by atoms with Crippen LogP contribution >= 0.6 is 0 Å². The predicted octanol–water partition coefficient (Wildman–Crippen LogP) is 2.95. The molecule has 1 spiro atoms. The fraction of sp³-hybridized carbons (Fsp3) is 0.286. The van der Waals surface area contributed by atoms with Gasteiger partial charge in [-0.25, -0.2) is 0 Å². The number of likely N-dealkylation sites (tertiary alicyclic amines) is 1. The number of amides is 1. The molecule has 2 aliphatic rings. The first-order valence-corrected chi connectivity index (χ1v) is 5.99. The third-order valence-electron chi connectivity index (χ3n) is 3.72. The first kappa shape index (κ1) is 10.7. The van der Waals surface area contributed by atoms with Crippen LogP contribution in [0.1, 0.15) is 14.7 Å². The monoisotopic (exact) mass is 282 g/mol. The lowest BCUT2D eigenvalue weighted by atomic mass is 9.79. The average Bonchev–Trinajstić information content (AvgIpc) is 3.01. The summed E-state index contributed by atoms with van der Waals surface area (Å²) in [5.41, 5.74) is -0.151. The Hall–Kier alpha value is -2.11. The minimum atomic E-state index is -5.04. The molecule has 1 atom stereocenters. The number of allylic oxidation sites excluding steroid dienone is 1. The fourth-order valence-electron chi connectivity index (χ4n) is 2.72. The van der Waals surface area contributed by atoms with Gasteiger partial charge in [0.2, 0.25) is 0 Å². The Morgan fingerprint density at radius 3 is 2.90 bits per heavy atom. The van der Waals surface area contributed by atoms with Crippen LogP contribution in [-0.4, -0.2) is 29.7 Å². The Labute approximate surface area is 116 Å². The van der Waals surface area contributed by atoms with Crippen LogP contribution in [0, 0.1) is 0 Å². The van der Waals surface area contributed by atoms with Crippen LogP contribution in [0.3, 0.4) is 0 Å². The summed E-state index contributed by atoms with van der Waals surface area (Å²) in [5.74, 6) is -2.05. The summed E-state index contributed by atoms with van der Waals surface area (Å²) >= 11 is 0. The first-order valence-electron chi connectivity index (χ1n) is 6.99. The quantitative estimate of drug-likeness (QED) is 0.720. The first-order chi connectivity index (χ1) is 10.3. The molecule has 1 fully saturated rings. The molecule has 1 aromatic carbocycles. The maximum atomic E-state index is 12.7. The Morgan fingerprint density at radius 2 is 2.20 bits per heavy atom. The van der Waals surface area contributed by atoms with Crippen molar-refractivity contribution in [3.8, 4) is 0 Å². The summed E-state index contributed by atoms with van der Waals surface area (Å²) in [6.07, 6.45) is -3.42. The molecule has 0 bridgehead atoms. The number of para-hydroxylation sites is 1. The van der Waals surface area contributed by atoms with Crippen molar-refractivity contribution in [1.82, 2.24) is 4.90 Å². The minimum Gasteiger partial charge on any atom is -0.308 e. The van der Waals surface area contributed by atoms with Crippen LogP contribution in [0.25, 0.3) is 0 Å². The Kier molecular flexibility index (Phi) is 2.10. The Morgan fingerprint density at radius 1 is 1.45 bits per heavy atom. The molecule has 1 saturated heterocycles. The molecule has 1 unspecified atom stereocenters. The number of halogens is 3. The normalized spacial score (nSPS) is 25.8. The number of fused-ring (bicyclic) bond motifs is 2. The SMILES string of the molecule is [2H]C([2H])=C1N(C(=O)C(F)(F)F)CCC12C=Nc1ccccc12. The standard InChI is InChI=1S/C14H11F3N2O/c1-9-13(6-7-19(9)12(20)14(15,16)17)8-18-11-5-3-2-4-10(11)13/h2-5,8H,1,6-7H2/i1D2. The maximum absolute atomic E-state index is 12.7. The number of rotatable bonds is 0. The van der Waals surface area contributed by atoms with Crippen molar-refractivity contribution < 1.29 is 20.7 Å². The van der Waals surface area contributed by atoms with Crippen molar-refractivity contribution in [2.75, 3.05) is 6.54 Å². The van der Waals surface area contributed by atoms with Gasteiger partial charge in [0.25, 0.3) is 0 Å². The van der Waals surface area contributed by atoms with Crippen molar-refractivity contribution >= 4 is 17.8 Å². The van der Waals surface area contributed by atoms with Crippen LogP contribution < -0.4 is 0 Å². The second kappa shape index (κ2) is 3.94. The van der Waals surface area contributed by atoms with E-state index in [1.165, 1.54) is 6.21 Å². The van der Waals surface area contributed by atoms with E-state index in [2.05, 4.69) is 4.99 Å². The smallest absolute Gasteiger partial charge is 0.308 e. The highest BCUT2D eigenvalue weighted by Gasteiger charge is 2.52. The van der Waals surface area contributed by atoms with Gasteiger partial charge in [-0.1, -0.05) is 24.7 Å². The number of carbonyl (C=O) groups excluding carboxylic acids is 1. The second-order valence-corrected chi connectivity index (χ2v) is 4.80. The van der Waals surface area contributed by atoms with Crippen molar-refractivity contribution in [1.29, 1.82) is 0 Å². The summed E-state index contributed by atoms with van der Waals surface area (Å²) < 4.78 is 53.3. The summed E-state index contributed by atoms with van der Waals surface area (Å²) in [6, 6.07) is 6.87. The van der Waals surface area contributed by atoms with E-state index in [0.717, 1.165) is 0 Å². The van der Waals surface area contributed by atoms with E-state index in [4.69, 9.17) is 2.74 Å². The zero-order valence-electron chi connectivity index (χ0n) is 12.2. The Bertz CT molecular complexity index is 710. The number of aliphatic imine (C=N–C) groups is 1. The third-order valence-corrected chi connectivity index (χ3v) is 3.72. The molecule has 1 aromatic rings. The lowest BCUT2D eigenvalue weighted by Gasteiger charge is -2.26.